The predicted molar refractivity (Wildman–Crippen MR) is 82.8 cm³/mol. The summed E-state index contributed by atoms with van der Waals surface area (Å²) in [5.41, 5.74) is 4.17. The summed E-state index contributed by atoms with van der Waals surface area (Å²) < 4.78 is 0. The molecular weight excluding hydrogens is 246 g/mol. The van der Waals surface area contributed by atoms with Crippen LogP contribution in [0.1, 0.15) is 24.4 Å². The second-order valence-corrected chi connectivity index (χ2v) is 4.95. The minimum atomic E-state index is 0.154. The van der Waals surface area contributed by atoms with Crippen LogP contribution in [0.2, 0.25) is 0 Å². The van der Waals surface area contributed by atoms with Crippen LogP contribution in [0.25, 0.3) is 10.9 Å². The molecule has 2 aromatic heterocycles. The van der Waals surface area contributed by atoms with Gasteiger partial charge in [0.05, 0.1) is 17.3 Å². The van der Waals surface area contributed by atoms with Gasteiger partial charge in [0.15, 0.2) is 0 Å². The van der Waals surface area contributed by atoms with E-state index in [1.807, 2.05) is 49.5 Å². The number of para-hydroxylation sites is 1. The molecule has 1 unspecified atom stereocenters. The molecule has 3 rings (SSSR count). The zero-order valence-corrected chi connectivity index (χ0v) is 11.7. The SMILES string of the molecule is Cc1cc(NC(C)c2ccccn2)c2ccccc2n1. The van der Waals surface area contributed by atoms with Crippen LogP contribution in [0.5, 0.6) is 0 Å². The average Bonchev–Trinajstić information content (AvgIpc) is 2.48. The van der Waals surface area contributed by atoms with Gasteiger partial charge in [0.25, 0.3) is 0 Å². The van der Waals surface area contributed by atoms with Crippen molar-refractivity contribution >= 4 is 16.6 Å². The van der Waals surface area contributed by atoms with Gasteiger partial charge in [0.2, 0.25) is 0 Å². The normalized spacial score (nSPS) is 12.3. The molecule has 0 aliphatic carbocycles. The third-order valence-corrected chi connectivity index (χ3v) is 3.35. The first-order valence-electron chi connectivity index (χ1n) is 6.78. The molecule has 0 amide bonds. The maximum absolute atomic E-state index is 4.56. The number of benzene rings is 1. The van der Waals surface area contributed by atoms with Crippen molar-refractivity contribution in [2.75, 3.05) is 5.32 Å². The van der Waals surface area contributed by atoms with Gasteiger partial charge in [-0.25, -0.2) is 0 Å². The number of hydrogen-bond donors (Lipinski definition) is 1. The number of nitrogens with zero attached hydrogens (tertiary/aromatic N) is 2. The molecular formula is C17H17N3. The molecule has 0 fully saturated rings. The number of hydrogen-bond acceptors (Lipinski definition) is 3. The Morgan fingerprint density at radius 3 is 2.65 bits per heavy atom. The van der Waals surface area contributed by atoms with E-state index in [4.69, 9.17) is 0 Å². The Bertz CT molecular complexity index is 723. The first kappa shape index (κ1) is 12.6. The Morgan fingerprint density at radius 2 is 1.85 bits per heavy atom. The maximum Gasteiger partial charge on any atom is 0.0725 e. The zero-order valence-electron chi connectivity index (χ0n) is 11.7. The van der Waals surface area contributed by atoms with Gasteiger partial charge in [-0.05, 0) is 38.1 Å². The van der Waals surface area contributed by atoms with Crippen LogP contribution in [0, 0.1) is 6.92 Å². The van der Waals surface area contributed by atoms with Crippen LogP contribution < -0.4 is 5.32 Å². The second-order valence-electron chi connectivity index (χ2n) is 4.95. The lowest BCUT2D eigenvalue weighted by molar-refractivity contribution is 0.840. The fraction of sp³-hybridized carbons (Fsp3) is 0.176. The van der Waals surface area contributed by atoms with Crippen LogP contribution in [0.3, 0.4) is 0 Å². The molecule has 0 saturated heterocycles. The molecule has 100 valence electrons. The fourth-order valence-electron chi connectivity index (χ4n) is 2.37. The largest absolute Gasteiger partial charge is 0.376 e. The molecule has 0 aliphatic rings. The van der Waals surface area contributed by atoms with Crippen LogP contribution in [0.15, 0.2) is 54.7 Å². The number of pyridine rings is 2. The molecule has 0 aliphatic heterocycles. The molecule has 0 spiro atoms. The quantitative estimate of drug-likeness (QED) is 0.772. The zero-order chi connectivity index (χ0) is 13.9. The molecule has 3 heteroatoms. The standard InChI is InChI=1S/C17H17N3/c1-12-11-17(14-7-3-4-9-16(14)19-12)20-13(2)15-8-5-6-10-18-15/h3-11,13H,1-2H3,(H,19,20). The molecule has 0 saturated carbocycles. The van der Waals surface area contributed by atoms with E-state index in [-0.39, 0.29) is 6.04 Å². The lowest BCUT2D eigenvalue weighted by Crippen LogP contribution is -2.09. The van der Waals surface area contributed by atoms with E-state index in [9.17, 15) is 0 Å². The summed E-state index contributed by atoms with van der Waals surface area (Å²) >= 11 is 0. The third-order valence-electron chi connectivity index (χ3n) is 3.35. The number of nitrogens with one attached hydrogen (secondary N) is 1. The predicted octanol–water partition coefficient (Wildman–Crippen LogP) is 4.11. The first-order valence-corrected chi connectivity index (χ1v) is 6.78. The molecule has 20 heavy (non-hydrogen) atoms. The van der Waals surface area contributed by atoms with Crippen molar-refractivity contribution in [1.29, 1.82) is 0 Å². The van der Waals surface area contributed by atoms with Crippen molar-refractivity contribution in [2.24, 2.45) is 0 Å². The van der Waals surface area contributed by atoms with Crippen molar-refractivity contribution in [3.8, 4) is 0 Å². The van der Waals surface area contributed by atoms with Crippen molar-refractivity contribution < 1.29 is 0 Å². The molecule has 1 N–H and O–H groups in total. The summed E-state index contributed by atoms with van der Waals surface area (Å²) in [6, 6.07) is 16.4. The highest BCUT2D eigenvalue weighted by molar-refractivity contribution is 5.91. The highest BCUT2D eigenvalue weighted by Crippen LogP contribution is 2.26. The lowest BCUT2D eigenvalue weighted by Gasteiger charge is -2.17. The first-order chi connectivity index (χ1) is 9.74. The lowest BCUT2D eigenvalue weighted by atomic mass is 10.1. The minimum absolute atomic E-state index is 0.154. The summed E-state index contributed by atoms with van der Waals surface area (Å²) in [6.07, 6.45) is 1.82. The van der Waals surface area contributed by atoms with Gasteiger partial charge in [-0.1, -0.05) is 24.3 Å². The Hall–Kier alpha value is -2.42. The fourth-order valence-corrected chi connectivity index (χ4v) is 2.37. The number of aryl methyl sites for hydroxylation is 1. The summed E-state index contributed by atoms with van der Waals surface area (Å²) in [5, 5.41) is 4.68. The molecule has 0 radical (unpaired) electrons. The summed E-state index contributed by atoms with van der Waals surface area (Å²) in [5.74, 6) is 0. The monoisotopic (exact) mass is 263 g/mol. The van der Waals surface area contributed by atoms with E-state index in [2.05, 4.69) is 34.3 Å². The minimum Gasteiger partial charge on any atom is -0.376 e. The van der Waals surface area contributed by atoms with E-state index < -0.39 is 0 Å². The molecule has 3 aromatic rings. The van der Waals surface area contributed by atoms with E-state index in [1.54, 1.807) is 0 Å². The number of anilines is 1. The Balaban J connectivity index is 1.98. The van der Waals surface area contributed by atoms with Crippen LogP contribution >= 0.6 is 0 Å². The third kappa shape index (κ3) is 2.48. The van der Waals surface area contributed by atoms with E-state index in [0.29, 0.717) is 0 Å². The maximum atomic E-state index is 4.56. The average molecular weight is 263 g/mol. The van der Waals surface area contributed by atoms with E-state index >= 15 is 0 Å². The molecule has 1 aromatic carbocycles. The van der Waals surface area contributed by atoms with Gasteiger partial charge in [-0.3, -0.25) is 9.97 Å². The van der Waals surface area contributed by atoms with Gasteiger partial charge in [0.1, 0.15) is 0 Å². The van der Waals surface area contributed by atoms with Gasteiger partial charge in [0, 0.05) is 23.0 Å². The highest BCUT2D eigenvalue weighted by Gasteiger charge is 2.09. The van der Waals surface area contributed by atoms with Crippen LogP contribution in [-0.4, -0.2) is 9.97 Å². The van der Waals surface area contributed by atoms with Gasteiger partial charge in [-0.15, -0.1) is 0 Å². The van der Waals surface area contributed by atoms with Crippen molar-refractivity contribution in [3.63, 3.8) is 0 Å². The van der Waals surface area contributed by atoms with Crippen molar-refractivity contribution in [3.05, 3.63) is 66.1 Å². The molecule has 3 nitrogen and oxygen atoms in total. The van der Waals surface area contributed by atoms with E-state index in [1.165, 1.54) is 0 Å². The van der Waals surface area contributed by atoms with Gasteiger partial charge in [-0.2, -0.15) is 0 Å². The Morgan fingerprint density at radius 1 is 1.05 bits per heavy atom. The number of fused-ring (bicyclic) bond motifs is 1. The molecule has 2 heterocycles. The number of aromatic nitrogens is 2. The molecule has 0 bridgehead atoms. The Kier molecular flexibility index (Phi) is 3.33. The van der Waals surface area contributed by atoms with E-state index in [0.717, 1.165) is 28.0 Å². The van der Waals surface area contributed by atoms with Gasteiger partial charge < -0.3 is 5.32 Å². The second kappa shape index (κ2) is 5.29. The van der Waals surface area contributed by atoms with Gasteiger partial charge >= 0.3 is 0 Å². The van der Waals surface area contributed by atoms with Crippen molar-refractivity contribution in [1.82, 2.24) is 9.97 Å². The summed E-state index contributed by atoms with van der Waals surface area (Å²) in [7, 11) is 0. The summed E-state index contributed by atoms with van der Waals surface area (Å²) in [6.45, 7) is 4.13. The topological polar surface area (TPSA) is 37.8 Å². The van der Waals surface area contributed by atoms with Crippen LogP contribution in [0.4, 0.5) is 5.69 Å². The summed E-state index contributed by atoms with van der Waals surface area (Å²) in [4.78, 5) is 8.96. The highest BCUT2D eigenvalue weighted by atomic mass is 14.9. The van der Waals surface area contributed by atoms with Crippen LogP contribution in [-0.2, 0) is 0 Å². The molecule has 1 atom stereocenters. The number of rotatable bonds is 3. The smallest absolute Gasteiger partial charge is 0.0725 e. The Labute approximate surface area is 118 Å². The van der Waals surface area contributed by atoms with Crippen molar-refractivity contribution in [2.45, 2.75) is 19.9 Å².